The Morgan fingerprint density at radius 1 is 1.06 bits per heavy atom. The third-order valence-electron chi connectivity index (χ3n) is 6.39. The van der Waals surface area contributed by atoms with E-state index < -0.39 is 6.04 Å². The minimum Gasteiger partial charge on any atom is -0.497 e. The number of ether oxygens (including phenoxy) is 1. The van der Waals surface area contributed by atoms with Gasteiger partial charge in [-0.05, 0) is 54.5 Å². The van der Waals surface area contributed by atoms with E-state index in [0.29, 0.717) is 12.3 Å². The van der Waals surface area contributed by atoms with Gasteiger partial charge in [0.15, 0.2) is 0 Å². The first-order chi connectivity index (χ1) is 16.5. The fourth-order valence-corrected chi connectivity index (χ4v) is 5.18. The molecule has 1 aliphatic carbocycles. The number of aryl methyl sites for hydroxylation is 1. The molecule has 6 heteroatoms. The first-order valence-electron chi connectivity index (χ1n) is 11.8. The first kappa shape index (κ1) is 24.0. The molecule has 178 valence electrons. The molecule has 0 saturated heterocycles. The number of nitrogens with one attached hydrogen (secondary N) is 1. The number of hydrogen-bond acceptors (Lipinski definition) is 4. The summed E-state index contributed by atoms with van der Waals surface area (Å²) >= 11 is 1.56. The van der Waals surface area contributed by atoms with E-state index in [-0.39, 0.29) is 24.3 Å². The van der Waals surface area contributed by atoms with Crippen molar-refractivity contribution >= 4 is 23.2 Å². The van der Waals surface area contributed by atoms with Gasteiger partial charge in [-0.1, -0.05) is 60.9 Å². The summed E-state index contributed by atoms with van der Waals surface area (Å²) in [5, 5.41) is 5.21. The predicted octanol–water partition coefficient (Wildman–Crippen LogP) is 5.44. The Morgan fingerprint density at radius 2 is 1.76 bits per heavy atom. The average Bonchev–Trinajstić information content (AvgIpc) is 3.55. The van der Waals surface area contributed by atoms with Crippen molar-refractivity contribution in [2.75, 3.05) is 7.11 Å². The molecule has 1 aliphatic rings. The van der Waals surface area contributed by atoms with Crippen molar-refractivity contribution in [2.24, 2.45) is 0 Å². The lowest BCUT2D eigenvalue weighted by molar-refractivity contribution is -0.141. The van der Waals surface area contributed by atoms with Gasteiger partial charge in [-0.15, -0.1) is 11.3 Å². The lowest BCUT2D eigenvalue weighted by Crippen LogP contribution is -2.46. The van der Waals surface area contributed by atoms with E-state index in [9.17, 15) is 9.59 Å². The Kier molecular flexibility index (Phi) is 8.01. The number of benzene rings is 2. The largest absolute Gasteiger partial charge is 0.497 e. The standard InChI is InChI=1S/C28H32N2O3S/c1-20-9-11-21(12-10-20)19-30(26(31)18-25-8-5-17-34-25)27(22-13-15-24(33-2)16-14-22)28(32)29-23-6-3-4-7-23/h5,8-17,23,27H,3-4,6-7,18-19H2,1-2H3,(H,29,32)/t27-/m1/s1. The number of carbonyl (C=O) groups is 2. The quantitative estimate of drug-likeness (QED) is 0.448. The summed E-state index contributed by atoms with van der Waals surface area (Å²) in [6.45, 7) is 2.40. The number of rotatable bonds is 9. The number of nitrogens with zero attached hydrogens (tertiary/aromatic N) is 1. The molecule has 0 unspecified atom stereocenters. The van der Waals surface area contributed by atoms with E-state index in [2.05, 4.69) is 5.32 Å². The van der Waals surface area contributed by atoms with Crippen LogP contribution >= 0.6 is 11.3 Å². The van der Waals surface area contributed by atoms with E-state index >= 15 is 0 Å². The van der Waals surface area contributed by atoms with Gasteiger partial charge >= 0.3 is 0 Å². The fraction of sp³-hybridized carbons (Fsp3) is 0.357. The van der Waals surface area contributed by atoms with Gasteiger partial charge in [0, 0.05) is 17.5 Å². The summed E-state index contributed by atoms with van der Waals surface area (Å²) in [6.07, 6.45) is 4.50. The van der Waals surface area contributed by atoms with Crippen LogP contribution in [0.15, 0.2) is 66.0 Å². The van der Waals surface area contributed by atoms with Crippen LogP contribution in [0.2, 0.25) is 0 Å². The van der Waals surface area contributed by atoms with Crippen molar-refractivity contribution in [3.8, 4) is 5.75 Å². The second-order valence-electron chi connectivity index (χ2n) is 8.93. The molecule has 0 bridgehead atoms. The van der Waals surface area contributed by atoms with Crippen LogP contribution < -0.4 is 10.1 Å². The van der Waals surface area contributed by atoms with E-state index in [4.69, 9.17) is 4.74 Å². The molecule has 1 aromatic heterocycles. The Bertz CT molecular complexity index is 1070. The molecule has 2 amide bonds. The van der Waals surface area contributed by atoms with Crippen molar-refractivity contribution in [1.82, 2.24) is 10.2 Å². The van der Waals surface area contributed by atoms with E-state index in [1.807, 2.05) is 73.0 Å². The zero-order valence-corrected chi connectivity index (χ0v) is 20.6. The van der Waals surface area contributed by atoms with E-state index in [1.165, 1.54) is 0 Å². The third-order valence-corrected chi connectivity index (χ3v) is 7.27. The number of hydrogen-bond donors (Lipinski definition) is 1. The highest BCUT2D eigenvalue weighted by Crippen LogP contribution is 2.28. The average molecular weight is 477 g/mol. The molecular weight excluding hydrogens is 444 g/mol. The summed E-state index contributed by atoms with van der Waals surface area (Å²) in [6, 6.07) is 19.0. The minimum atomic E-state index is -0.722. The van der Waals surface area contributed by atoms with Crippen molar-refractivity contribution in [3.63, 3.8) is 0 Å². The van der Waals surface area contributed by atoms with E-state index in [0.717, 1.165) is 47.3 Å². The molecule has 3 aromatic rings. The van der Waals surface area contributed by atoms with Crippen molar-refractivity contribution in [3.05, 3.63) is 87.6 Å². The number of thiophene rings is 1. The number of methoxy groups -OCH3 is 1. The molecule has 1 N–H and O–H groups in total. The third kappa shape index (κ3) is 6.06. The maximum Gasteiger partial charge on any atom is 0.247 e. The van der Waals surface area contributed by atoms with Crippen LogP contribution in [0.4, 0.5) is 0 Å². The van der Waals surface area contributed by atoms with Crippen LogP contribution in [0.5, 0.6) is 5.75 Å². The first-order valence-corrected chi connectivity index (χ1v) is 12.7. The van der Waals surface area contributed by atoms with Crippen LogP contribution in [0, 0.1) is 6.92 Å². The van der Waals surface area contributed by atoms with Crippen LogP contribution in [0.3, 0.4) is 0 Å². The second kappa shape index (κ2) is 11.3. The van der Waals surface area contributed by atoms with Crippen LogP contribution in [-0.4, -0.2) is 29.9 Å². The molecule has 5 nitrogen and oxygen atoms in total. The lowest BCUT2D eigenvalue weighted by atomic mass is 10.0. The minimum absolute atomic E-state index is 0.0644. The Hall–Kier alpha value is -3.12. The maximum absolute atomic E-state index is 13.7. The molecule has 1 fully saturated rings. The maximum atomic E-state index is 13.7. The molecular formula is C28H32N2O3S. The highest BCUT2D eigenvalue weighted by molar-refractivity contribution is 7.10. The lowest BCUT2D eigenvalue weighted by Gasteiger charge is -2.32. The second-order valence-corrected chi connectivity index (χ2v) is 9.96. The van der Waals surface area contributed by atoms with Crippen LogP contribution in [0.25, 0.3) is 0 Å². The fourth-order valence-electron chi connectivity index (χ4n) is 4.49. The van der Waals surface area contributed by atoms with E-state index in [1.54, 1.807) is 23.3 Å². The molecule has 1 heterocycles. The van der Waals surface area contributed by atoms with Crippen LogP contribution in [0.1, 0.15) is 53.3 Å². The highest BCUT2D eigenvalue weighted by Gasteiger charge is 2.33. The van der Waals surface area contributed by atoms with Gasteiger partial charge in [-0.25, -0.2) is 0 Å². The topological polar surface area (TPSA) is 58.6 Å². The summed E-state index contributed by atoms with van der Waals surface area (Å²) in [4.78, 5) is 30.1. The molecule has 1 atom stereocenters. The van der Waals surface area contributed by atoms with Crippen LogP contribution in [-0.2, 0) is 22.6 Å². The van der Waals surface area contributed by atoms with Gasteiger partial charge in [0.25, 0.3) is 0 Å². The Labute approximate surface area is 205 Å². The van der Waals surface area contributed by atoms with Gasteiger partial charge in [-0.3, -0.25) is 9.59 Å². The molecule has 0 spiro atoms. The summed E-state index contributed by atoms with van der Waals surface area (Å²) in [7, 11) is 1.62. The van der Waals surface area contributed by atoms with Crippen molar-refractivity contribution in [1.29, 1.82) is 0 Å². The molecule has 2 aromatic carbocycles. The molecule has 1 saturated carbocycles. The molecule has 4 rings (SSSR count). The molecule has 34 heavy (non-hydrogen) atoms. The van der Waals surface area contributed by atoms with Gasteiger partial charge in [-0.2, -0.15) is 0 Å². The van der Waals surface area contributed by atoms with Gasteiger partial charge in [0.1, 0.15) is 11.8 Å². The van der Waals surface area contributed by atoms with Crippen molar-refractivity contribution in [2.45, 2.75) is 57.7 Å². The number of carbonyl (C=O) groups excluding carboxylic acids is 2. The SMILES string of the molecule is COc1ccc([C@H](C(=O)NC2CCCC2)N(Cc2ccc(C)cc2)C(=O)Cc2cccs2)cc1. The molecule has 0 aliphatic heterocycles. The summed E-state index contributed by atoms with van der Waals surface area (Å²) < 4.78 is 5.32. The van der Waals surface area contributed by atoms with Gasteiger partial charge in [0.2, 0.25) is 11.8 Å². The number of amides is 2. The predicted molar refractivity (Wildman–Crippen MR) is 136 cm³/mol. The van der Waals surface area contributed by atoms with Gasteiger partial charge < -0.3 is 15.0 Å². The zero-order valence-electron chi connectivity index (χ0n) is 19.8. The Morgan fingerprint density at radius 3 is 2.38 bits per heavy atom. The normalized spacial score (nSPS) is 14.5. The Balaban J connectivity index is 1.69. The molecule has 0 radical (unpaired) electrons. The summed E-state index contributed by atoms with van der Waals surface area (Å²) in [5.74, 6) is 0.530. The monoisotopic (exact) mass is 476 g/mol. The smallest absolute Gasteiger partial charge is 0.247 e. The van der Waals surface area contributed by atoms with Crippen molar-refractivity contribution < 1.29 is 14.3 Å². The zero-order chi connectivity index (χ0) is 23.9. The highest BCUT2D eigenvalue weighted by atomic mass is 32.1. The van der Waals surface area contributed by atoms with Gasteiger partial charge in [0.05, 0.1) is 13.5 Å². The summed E-state index contributed by atoms with van der Waals surface area (Å²) in [5.41, 5.74) is 2.94.